The predicted molar refractivity (Wildman–Crippen MR) is 106 cm³/mol. The number of hydrogen-bond acceptors (Lipinski definition) is 4. The number of amides is 1. The number of imidazole rings is 1. The van der Waals surface area contributed by atoms with Crippen molar-refractivity contribution in [3.8, 4) is 0 Å². The lowest BCUT2D eigenvalue weighted by Crippen LogP contribution is -2.36. The van der Waals surface area contributed by atoms with Crippen LogP contribution in [-0.4, -0.2) is 49.6 Å². The molecular formula is C22H24N4O2. The first-order valence-electron chi connectivity index (χ1n) is 9.90. The number of aliphatic hydroxyl groups excluding tert-OH is 1. The van der Waals surface area contributed by atoms with Gasteiger partial charge < -0.3 is 14.6 Å². The van der Waals surface area contributed by atoms with Crippen molar-refractivity contribution in [1.82, 2.24) is 19.4 Å². The van der Waals surface area contributed by atoms with Gasteiger partial charge in [0, 0.05) is 25.5 Å². The van der Waals surface area contributed by atoms with Gasteiger partial charge >= 0.3 is 0 Å². The van der Waals surface area contributed by atoms with E-state index in [0.29, 0.717) is 23.9 Å². The number of pyridine rings is 1. The number of carbonyl (C=O) groups is 1. The smallest absolute Gasteiger partial charge is 0.255 e. The molecule has 1 saturated carbocycles. The maximum absolute atomic E-state index is 12.9. The van der Waals surface area contributed by atoms with Crippen LogP contribution in [0.15, 0.2) is 49.1 Å². The molecule has 2 fully saturated rings. The standard InChI is InChI=1S/C22H24N4O2/c1-14-6-15(10-23-9-14)22(28)25-11-16-7-20(21(27)8-17(16)12-25)26-13-24-18-4-2-3-5-19(18)26/h2-6,9-10,13,16-17,20-21,27H,7-8,11-12H2,1H3/t16-,17+,20-,21-/m1/s1. The van der Waals surface area contributed by atoms with Crippen LogP contribution in [0.3, 0.4) is 0 Å². The van der Waals surface area contributed by atoms with Crippen LogP contribution in [-0.2, 0) is 0 Å². The summed E-state index contributed by atoms with van der Waals surface area (Å²) in [4.78, 5) is 23.5. The second kappa shape index (κ2) is 6.71. The van der Waals surface area contributed by atoms with Crippen molar-refractivity contribution in [2.24, 2.45) is 11.8 Å². The van der Waals surface area contributed by atoms with Crippen molar-refractivity contribution < 1.29 is 9.90 Å². The summed E-state index contributed by atoms with van der Waals surface area (Å²) in [5, 5.41) is 10.9. The van der Waals surface area contributed by atoms with E-state index in [1.165, 1.54) is 0 Å². The highest BCUT2D eigenvalue weighted by Gasteiger charge is 2.43. The molecule has 1 N–H and O–H groups in total. The van der Waals surface area contributed by atoms with Gasteiger partial charge in [-0.3, -0.25) is 9.78 Å². The zero-order chi connectivity index (χ0) is 19.3. The van der Waals surface area contributed by atoms with Crippen molar-refractivity contribution in [2.75, 3.05) is 13.1 Å². The second-order valence-corrected chi connectivity index (χ2v) is 8.23. The number of aliphatic hydroxyl groups is 1. The molecule has 0 bridgehead atoms. The molecule has 0 radical (unpaired) electrons. The summed E-state index contributed by atoms with van der Waals surface area (Å²) in [6, 6.07) is 9.93. The van der Waals surface area contributed by atoms with Crippen LogP contribution in [0.5, 0.6) is 0 Å². The molecule has 2 aromatic heterocycles. The average molecular weight is 376 g/mol. The highest BCUT2D eigenvalue weighted by atomic mass is 16.3. The number of nitrogens with zero attached hydrogens (tertiary/aromatic N) is 4. The predicted octanol–water partition coefficient (Wildman–Crippen LogP) is 2.82. The van der Waals surface area contributed by atoms with Crippen LogP contribution in [0.2, 0.25) is 0 Å². The first-order chi connectivity index (χ1) is 13.6. The number of carbonyl (C=O) groups excluding carboxylic acids is 1. The van der Waals surface area contributed by atoms with E-state index in [-0.39, 0.29) is 11.9 Å². The van der Waals surface area contributed by atoms with Crippen molar-refractivity contribution >= 4 is 16.9 Å². The summed E-state index contributed by atoms with van der Waals surface area (Å²) in [5.74, 6) is 0.795. The summed E-state index contributed by atoms with van der Waals surface area (Å²) in [6.07, 6.45) is 6.41. The van der Waals surface area contributed by atoms with E-state index in [9.17, 15) is 9.90 Å². The van der Waals surface area contributed by atoms with E-state index in [1.807, 2.05) is 42.4 Å². The molecule has 5 rings (SSSR count). The Morgan fingerprint density at radius 3 is 2.75 bits per heavy atom. The van der Waals surface area contributed by atoms with Crippen molar-refractivity contribution in [2.45, 2.75) is 31.9 Å². The summed E-state index contributed by atoms with van der Waals surface area (Å²) in [7, 11) is 0. The first kappa shape index (κ1) is 17.4. The Morgan fingerprint density at radius 1 is 1.14 bits per heavy atom. The molecule has 28 heavy (non-hydrogen) atoms. The number of hydrogen-bond donors (Lipinski definition) is 1. The van der Waals surface area contributed by atoms with Gasteiger partial charge in [0.25, 0.3) is 5.91 Å². The molecule has 6 heteroatoms. The fourth-order valence-corrected chi connectivity index (χ4v) is 4.97. The number of para-hydroxylation sites is 2. The van der Waals surface area contributed by atoms with E-state index in [4.69, 9.17) is 0 Å². The molecule has 1 aromatic carbocycles. The molecule has 0 spiro atoms. The maximum atomic E-state index is 12.9. The number of aryl methyl sites for hydroxylation is 1. The van der Waals surface area contributed by atoms with E-state index in [2.05, 4.69) is 20.6 Å². The normalized spacial score (nSPS) is 27.1. The zero-order valence-corrected chi connectivity index (χ0v) is 15.9. The van der Waals surface area contributed by atoms with Gasteiger partial charge in [-0.05, 0) is 55.4 Å². The summed E-state index contributed by atoms with van der Waals surface area (Å²) in [5.41, 5.74) is 3.65. The summed E-state index contributed by atoms with van der Waals surface area (Å²) >= 11 is 0. The fourth-order valence-electron chi connectivity index (χ4n) is 4.97. The molecule has 3 aromatic rings. The lowest BCUT2D eigenvalue weighted by Gasteiger charge is -2.36. The largest absolute Gasteiger partial charge is 0.391 e. The SMILES string of the molecule is Cc1cncc(C(=O)N2C[C@H]3C[C@@H](n4cnc5ccccc54)[C@H](O)C[C@H]3C2)c1. The minimum atomic E-state index is -0.422. The Kier molecular flexibility index (Phi) is 4.16. The van der Waals surface area contributed by atoms with E-state index in [0.717, 1.165) is 36.0 Å². The first-order valence-corrected chi connectivity index (χ1v) is 9.90. The molecule has 1 aliphatic heterocycles. The second-order valence-electron chi connectivity index (χ2n) is 8.23. The molecule has 4 atom stereocenters. The number of likely N-dealkylation sites (tertiary alicyclic amines) is 1. The van der Waals surface area contributed by atoms with E-state index in [1.54, 1.807) is 12.4 Å². The van der Waals surface area contributed by atoms with Crippen LogP contribution < -0.4 is 0 Å². The molecule has 2 aliphatic rings. The molecule has 6 nitrogen and oxygen atoms in total. The molecular weight excluding hydrogens is 352 g/mol. The Morgan fingerprint density at radius 2 is 1.93 bits per heavy atom. The third-order valence-electron chi connectivity index (χ3n) is 6.36. The maximum Gasteiger partial charge on any atom is 0.255 e. The molecule has 1 aliphatic carbocycles. The van der Waals surface area contributed by atoms with Crippen LogP contribution in [0.25, 0.3) is 11.0 Å². The number of rotatable bonds is 2. The fraction of sp³-hybridized carbons (Fsp3) is 0.409. The lowest BCUT2D eigenvalue weighted by atomic mass is 9.77. The van der Waals surface area contributed by atoms with Crippen molar-refractivity contribution in [3.05, 3.63) is 60.2 Å². The highest BCUT2D eigenvalue weighted by molar-refractivity contribution is 5.94. The van der Waals surface area contributed by atoms with E-state index < -0.39 is 6.10 Å². The third-order valence-corrected chi connectivity index (χ3v) is 6.36. The van der Waals surface area contributed by atoms with Crippen molar-refractivity contribution in [3.63, 3.8) is 0 Å². The van der Waals surface area contributed by atoms with Gasteiger partial charge in [-0.1, -0.05) is 12.1 Å². The molecule has 0 unspecified atom stereocenters. The van der Waals surface area contributed by atoms with Crippen molar-refractivity contribution in [1.29, 1.82) is 0 Å². The van der Waals surface area contributed by atoms with E-state index >= 15 is 0 Å². The van der Waals surface area contributed by atoms with Crippen LogP contribution in [0.4, 0.5) is 0 Å². The van der Waals surface area contributed by atoms with Gasteiger partial charge in [0.05, 0.1) is 35.1 Å². The van der Waals surface area contributed by atoms with Crippen LogP contribution in [0.1, 0.15) is 34.8 Å². The number of benzene rings is 1. The van der Waals surface area contributed by atoms with Crippen LogP contribution in [0, 0.1) is 18.8 Å². The molecule has 1 saturated heterocycles. The van der Waals surface area contributed by atoms with Crippen LogP contribution >= 0.6 is 0 Å². The topological polar surface area (TPSA) is 71.2 Å². The highest BCUT2D eigenvalue weighted by Crippen LogP contribution is 2.42. The summed E-state index contributed by atoms with van der Waals surface area (Å²) < 4.78 is 2.12. The monoisotopic (exact) mass is 376 g/mol. The Bertz CT molecular complexity index is 1030. The molecule has 1 amide bonds. The minimum absolute atomic E-state index is 0.00402. The zero-order valence-electron chi connectivity index (χ0n) is 15.9. The number of aromatic nitrogens is 3. The average Bonchev–Trinajstić information content (AvgIpc) is 3.30. The Balaban J connectivity index is 1.36. The Labute approximate surface area is 163 Å². The van der Waals surface area contributed by atoms with Gasteiger partial charge in [-0.25, -0.2) is 4.98 Å². The van der Waals surface area contributed by atoms with Gasteiger partial charge in [0.15, 0.2) is 0 Å². The molecule has 144 valence electrons. The van der Waals surface area contributed by atoms with Gasteiger partial charge in [-0.15, -0.1) is 0 Å². The lowest BCUT2D eigenvalue weighted by molar-refractivity contribution is 0.0374. The molecule has 3 heterocycles. The minimum Gasteiger partial charge on any atom is -0.391 e. The third kappa shape index (κ3) is 2.88. The Hall–Kier alpha value is -2.73. The number of fused-ring (bicyclic) bond motifs is 2. The quantitative estimate of drug-likeness (QED) is 0.747. The van der Waals surface area contributed by atoms with Gasteiger partial charge in [0.2, 0.25) is 0 Å². The van der Waals surface area contributed by atoms with Gasteiger partial charge in [-0.2, -0.15) is 0 Å². The van der Waals surface area contributed by atoms with Gasteiger partial charge in [0.1, 0.15) is 0 Å². The summed E-state index contributed by atoms with van der Waals surface area (Å²) in [6.45, 7) is 3.41.